The maximum Gasteiger partial charge on any atom is 0.226 e. The lowest BCUT2D eigenvalue weighted by atomic mass is 9.86. The first-order valence-corrected chi connectivity index (χ1v) is 8.66. The normalized spacial score (nSPS) is 29.9. The van der Waals surface area contributed by atoms with E-state index >= 15 is 0 Å². The van der Waals surface area contributed by atoms with E-state index < -0.39 is 0 Å². The first-order chi connectivity index (χ1) is 11.2. The molecule has 2 saturated carbocycles. The van der Waals surface area contributed by atoms with Crippen molar-refractivity contribution in [3.8, 4) is 5.75 Å². The van der Waals surface area contributed by atoms with Gasteiger partial charge in [0.1, 0.15) is 5.75 Å². The number of hydrogen-bond donors (Lipinski definition) is 1. The summed E-state index contributed by atoms with van der Waals surface area (Å²) >= 11 is 0. The summed E-state index contributed by atoms with van der Waals surface area (Å²) in [5.74, 6) is 1.99. The van der Waals surface area contributed by atoms with Crippen molar-refractivity contribution in [3.63, 3.8) is 0 Å². The number of aliphatic hydroxyl groups excluding tert-OH is 1. The minimum atomic E-state index is 0.104. The van der Waals surface area contributed by atoms with E-state index in [4.69, 9.17) is 4.74 Å². The van der Waals surface area contributed by atoms with E-state index in [0.717, 1.165) is 43.4 Å². The van der Waals surface area contributed by atoms with Crippen LogP contribution in [0.5, 0.6) is 5.75 Å². The van der Waals surface area contributed by atoms with Crippen molar-refractivity contribution in [1.29, 1.82) is 0 Å². The molecule has 4 heteroatoms. The molecule has 2 fully saturated rings. The topological polar surface area (TPSA) is 49.8 Å². The summed E-state index contributed by atoms with van der Waals surface area (Å²) in [4.78, 5) is 14.7. The number of para-hydroxylation sites is 1. The molecule has 1 N–H and O–H groups in total. The highest BCUT2D eigenvalue weighted by molar-refractivity contribution is 5.83. The van der Waals surface area contributed by atoms with Crippen LogP contribution in [0.25, 0.3) is 0 Å². The Hall–Kier alpha value is -1.55. The number of amides is 1. The minimum absolute atomic E-state index is 0.104. The number of benzene rings is 1. The van der Waals surface area contributed by atoms with Crippen molar-refractivity contribution in [2.75, 3.05) is 20.8 Å². The largest absolute Gasteiger partial charge is 0.496 e. The van der Waals surface area contributed by atoms with Gasteiger partial charge >= 0.3 is 0 Å². The maximum absolute atomic E-state index is 12.8. The minimum Gasteiger partial charge on any atom is -0.496 e. The van der Waals surface area contributed by atoms with Crippen molar-refractivity contribution in [2.45, 2.75) is 44.1 Å². The molecule has 0 spiro atoms. The first-order valence-electron chi connectivity index (χ1n) is 8.66. The zero-order chi connectivity index (χ0) is 16.4. The van der Waals surface area contributed by atoms with Crippen molar-refractivity contribution in [1.82, 2.24) is 4.90 Å². The number of aliphatic hydroxyl groups is 1. The van der Waals surface area contributed by atoms with Gasteiger partial charge in [0, 0.05) is 25.6 Å². The highest BCUT2D eigenvalue weighted by Crippen LogP contribution is 2.51. The molecule has 0 saturated heterocycles. The van der Waals surface area contributed by atoms with Crippen LogP contribution >= 0.6 is 0 Å². The van der Waals surface area contributed by atoms with E-state index in [-0.39, 0.29) is 18.4 Å². The van der Waals surface area contributed by atoms with Gasteiger partial charge in [0.05, 0.1) is 7.11 Å². The first kappa shape index (κ1) is 16.3. The smallest absolute Gasteiger partial charge is 0.226 e. The molecule has 1 aromatic rings. The molecule has 1 aromatic carbocycles. The standard InChI is InChI=1S/C19H27NO3/c1-20(14-9-7-13(12-21)8-10-14)19(22)17-11-16(17)15-5-3-4-6-18(15)23-2/h3-6,13-14,16-17,21H,7-12H2,1-2H3. The van der Waals surface area contributed by atoms with Crippen LogP contribution in [0.4, 0.5) is 0 Å². The molecule has 0 bridgehead atoms. The third-order valence-electron chi connectivity index (χ3n) is 5.62. The molecule has 0 aromatic heterocycles. The molecular weight excluding hydrogens is 290 g/mol. The average Bonchev–Trinajstić information content (AvgIpc) is 3.41. The molecule has 0 aliphatic heterocycles. The summed E-state index contributed by atoms with van der Waals surface area (Å²) in [7, 11) is 3.63. The lowest BCUT2D eigenvalue weighted by molar-refractivity contribution is -0.134. The molecule has 1 amide bonds. The van der Waals surface area contributed by atoms with E-state index in [1.54, 1.807) is 7.11 Å². The van der Waals surface area contributed by atoms with Crippen LogP contribution in [0.1, 0.15) is 43.6 Å². The number of carbonyl (C=O) groups excluding carboxylic acids is 1. The van der Waals surface area contributed by atoms with Crippen molar-refractivity contribution in [3.05, 3.63) is 29.8 Å². The molecule has 3 rings (SSSR count). The van der Waals surface area contributed by atoms with Crippen LogP contribution < -0.4 is 4.74 Å². The molecule has 0 radical (unpaired) electrons. The zero-order valence-electron chi connectivity index (χ0n) is 14.1. The molecule has 2 unspecified atom stereocenters. The highest BCUT2D eigenvalue weighted by Gasteiger charge is 2.47. The predicted molar refractivity (Wildman–Crippen MR) is 89.4 cm³/mol. The number of rotatable bonds is 5. The van der Waals surface area contributed by atoms with Gasteiger partial charge in [-0.3, -0.25) is 4.79 Å². The summed E-state index contributed by atoms with van der Waals surface area (Å²) in [6.45, 7) is 0.281. The predicted octanol–water partition coefficient (Wildman–Crippen LogP) is 2.81. The number of nitrogens with zero attached hydrogens (tertiary/aromatic N) is 1. The Labute approximate surface area is 138 Å². The van der Waals surface area contributed by atoms with Crippen molar-refractivity contribution in [2.24, 2.45) is 11.8 Å². The summed E-state index contributed by atoms with van der Waals surface area (Å²) in [5.41, 5.74) is 1.16. The van der Waals surface area contributed by atoms with Crippen LogP contribution in [-0.2, 0) is 4.79 Å². The van der Waals surface area contributed by atoms with Crippen molar-refractivity contribution >= 4 is 5.91 Å². The molecule has 23 heavy (non-hydrogen) atoms. The quantitative estimate of drug-likeness (QED) is 0.908. The average molecular weight is 317 g/mol. The van der Waals surface area contributed by atoms with Gasteiger partial charge < -0.3 is 14.7 Å². The van der Waals surface area contributed by atoms with Crippen molar-refractivity contribution < 1.29 is 14.6 Å². The van der Waals surface area contributed by atoms with E-state index in [1.807, 2.05) is 30.1 Å². The van der Waals surface area contributed by atoms with Gasteiger partial charge in [0.2, 0.25) is 5.91 Å². The third kappa shape index (κ3) is 3.37. The number of carbonyl (C=O) groups is 1. The van der Waals surface area contributed by atoms with Crippen LogP contribution in [0.2, 0.25) is 0 Å². The molecule has 2 aliphatic carbocycles. The Morgan fingerprint density at radius 1 is 1.26 bits per heavy atom. The Bertz CT molecular complexity index is 551. The molecule has 2 atom stereocenters. The van der Waals surface area contributed by atoms with Crippen LogP contribution in [0.3, 0.4) is 0 Å². The van der Waals surface area contributed by atoms with Crippen LogP contribution in [0, 0.1) is 11.8 Å². The second-order valence-electron chi connectivity index (χ2n) is 7.00. The highest BCUT2D eigenvalue weighted by atomic mass is 16.5. The second-order valence-corrected chi connectivity index (χ2v) is 7.00. The fourth-order valence-corrected chi connectivity index (χ4v) is 3.94. The molecule has 126 valence electrons. The Morgan fingerprint density at radius 3 is 2.61 bits per heavy atom. The fraction of sp³-hybridized carbons (Fsp3) is 0.632. The second kappa shape index (κ2) is 6.91. The third-order valence-corrected chi connectivity index (χ3v) is 5.62. The van der Waals surface area contributed by atoms with E-state index in [0.29, 0.717) is 17.9 Å². The number of ether oxygens (including phenoxy) is 1. The van der Waals surface area contributed by atoms with E-state index in [1.165, 1.54) is 0 Å². The van der Waals surface area contributed by atoms with Gasteiger partial charge in [-0.1, -0.05) is 18.2 Å². The number of hydrogen-bond acceptors (Lipinski definition) is 3. The van der Waals surface area contributed by atoms with Crippen LogP contribution in [-0.4, -0.2) is 42.7 Å². The lowest BCUT2D eigenvalue weighted by Gasteiger charge is -2.34. The van der Waals surface area contributed by atoms with Crippen LogP contribution in [0.15, 0.2) is 24.3 Å². The lowest BCUT2D eigenvalue weighted by Crippen LogP contribution is -2.40. The van der Waals surface area contributed by atoms with Gasteiger partial charge in [0.15, 0.2) is 0 Å². The summed E-state index contributed by atoms with van der Waals surface area (Å²) in [6, 6.07) is 8.35. The summed E-state index contributed by atoms with van der Waals surface area (Å²) in [6.07, 6.45) is 5.01. The summed E-state index contributed by atoms with van der Waals surface area (Å²) < 4.78 is 5.43. The molecular formula is C19H27NO3. The molecule has 0 heterocycles. The van der Waals surface area contributed by atoms with Gasteiger partial charge in [0.25, 0.3) is 0 Å². The molecule has 4 nitrogen and oxygen atoms in total. The van der Waals surface area contributed by atoms with Gasteiger partial charge in [-0.25, -0.2) is 0 Å². The van der Waals surface area contributed by atoms with Gasteiger partial charge in [-0.15, -0.1) is 0 Å². The van der Waals surface area contributed by atoms with Gasteiger partial charge in [-0.05, 0) is 55.6 Å². The van der Waals surface area contributed by atoms with E-state index in [9.17, 15) is 9.90 Å². The Morgan fingerprint density at radius 2 is 1.96 bits per heavy atom. The number of methoxy groups -OCH3 is 1. The Kier molecular flexibility index (Phi) is 4.90. The zero-order valence-corrected chi connectivity index (χ0v) is 14.1. The van der Waals surface area contributed by atoms with E-state index in [2.05, 4.69) is 6.07 Å². The maximum atomic E-state index is 12.8. The fourth-order valence-electron chi connectivity index (χ4n) is 3.94. The van der Waals surface area contributed by atoms with Gasteiger partial charge in [-0.2, -0.15) is 0 Å². The monoisotopic (exact) mass is 317 g/mol. The molecule has 2 aliphatic rings. The summed E-state index contributed by atoms with van der Waals surface area (Å²) in [5, 5.41) is 9.24. The SMILES string of the molecule is COc1ccccc1C1CC1C(=O)N(C)C1CCC(CO)CC1. The Balaban J connectivity index is 1.59.